The summed E-state index contributed by atoms with van der Waals surface area (Å²) >= 11 is 0. The van der Waals surface area contributed by atoms with Crippen molar-refractivity contribution in [1.82, 2.24) is 0 Å². The molecule has 1 aliphatic carbocycles. The van der Waals surface area contributed by atoms with Crippen molar-refractivity contribution >= 4 is 17.9 Å². The van der Waals surface area contributed by atoms with E-state index in [9.17, 15) is 19.5 Å². The number of carbonyl (C=O) groups excluding carboxylic acids is 3. The zero-order chi connectivity index (χ0) is 21.0. The van der Waals surface area contributed by atoms with Crippen LogP contribution in [0, 0.1) is 17.8 Å². The molecular weight excluding hydrogens is 356 g/mol. The molecule has 0 aliphatic heterocycles. The average Bonchev–Trinajstić information content (AvgIpc) is 3.01. The van der Waals surface area contributed by atoms with Gasteiger partial charge in [0.1, 0.15) is 18.7 Å². The maximum absolute atomic E-state index is 12.2. The first-order valence-corrected chi connectivity index (χ1v) is 10.8. The smallest absolute Gasteiger partial charge is 0.158 e. The Balaban J connectivity index is 2.43. The molecular formula is C23H38O5. The summed E-state index contributed by atoms with van der Waals surface area (Å²) in [5, 5.41) is 19.3. The fraction of sp³-hybridized carbons (Fsp3) is 0.783. The Bertz CT molecular complexity index is 523. The molecule has 1 aliphatic rings. The van der Waals surface area contributed by atoms with E-state index >= 15 is 0 Å². The molecule has 0 aromatic rings. The maximum Gasteiger partial charge on any atom is 0.158 e. The molecule has 160 valence electrons. The number of rotatable bonds is 15. The molecule has 4 atom stereocenters. The summed E-state index contributed by atoms with van der Waals surface area (Å²) < 4.78 is 0. The Labute approximate surface area is 169 Å². The van der Waals surface area contributed by atoms with Gasteiger partial charge in [-0.05, 0) is 44.9 Å². The molecule has 28 heavy (non-hydrogen) atoms. The summed E-state index contributed by atoms with van der Waals surface area (Å²) in [4.78, 5) is 34.5. The van der Waals surface area contributed by atoms with Crippen LogP contribution in [0.25, 0.3) is 0 Å². The number of unbranched alkanes of at least 4 members (excludes halogenated alkanes) is 3. The van der Waals surface area contributed by atoms with Gasteiger partial charge < -0.3 is 15.0 Å². The number of carbonyl (C=O) groups is 3. The van der Waals surface area contributed by atoms with Crippen molar-refractivity contribution in [3.63, 3.8) is 0 Å². The normalized spacial score (nSPS) is 23.1. The molecule has 0 radical (unpaired) electrons. The maximum atomic E-state index is 12.2. The monoisotopic (exact) mass is 394 g/mol. The zero-order valence-electron chi connectivity index (χ0n) is 17.6. The summed E-state index contributed by atoms with van der Waals surface area (Å²) in [7, 11) is 0. The first kappa shape index (κ1) is 24.7. The largest absolute Gasteiger partial charge is 0.389 e. The van der Waals surface area contributed by atoms with Crippen molar-refractivity contribution in [1.29, 1.82) is 0 Å². The third-order valence-electron chi connectivity index (χ3n) is 6.03. The van der Waals surface area contributed by atoms with Crippen LogP contribution in [0.4, 0.5) is 0 Å². The lowest BCUT2D eigenvalue weighted by atomic mass is 9.83. The summed E-state index contributed by atoms with van der Waals surface area (Å²) in [5.74, 6) is 0.134. The molecule has 1 saturated carbocycles. The van der Waals surface area contributed by atoms with Gasteiger partial charge in [0.2, 0.25) is 0 Å². The van der Waals surface area contributed by atoms with Crippen molar-refractivity contribution in [2.24, 2.45) is 17.8 Å². The van der Waals surface area contributed by atoms with Crippen LogP contribution >= 0.6 is 0 Å². The fourth-order valence-corrected chi connectivity index (χ4v) is 4.13. The molecule has 0 heterocycles. The van der Waals surface area contributed by atoms with E-state index in [-0.39, 0.29) is 30.1 Å². The van der Waals surface area contributed by atoms with E-state index in [1.807, 2.05) is 13.0 Å². The number of hydrogen-bond acceptors (Lipinski definition) is 5. The molecule has 0 bridgehead atoms. The van der Waals surface area contributed by atoms with Crippen LogP contribution in [-0.4, -0.2) is 40.3 Å². The molecule has 2 unspecified atom stereocenters. The predicted molar refractivity (Wildman–Crippen MR) is 110 cm³/mol. The molecule has 1 fully saturated rings. The quantitative estimate of drug-likeness (QED) is 0.250. The highest BCUT2D eigenvalue weighted by Crippen LogP contribution is 2.34. The van der Waals surface area contributed by atoms with Gasteiger partial charge in [0, 0.05) is 24.7 Å². The second-order valence-corrected chi connectivity index (χ2v) is 8.45. The topological polar surface area (TPSA) is 91.7 Å². The Hall–Kier alpha value is -1.33. The number of aliphatic hydroxyl groups excluding tert-OH is 1. The van der Waals surface area contributed by atoms with Gasteiger partial charge in [0.25, 0.3) is 0 Å². The van der Waals surface area contributed by atoms with Crippen molar-refractivity contribution < 1.29 is 24.6 Å². The molecule has 0 aromatic carbocycles. The Morgan fingerprint density at radius 1 is 1.29 bits per heavy atom. The van der Waals surface area contributed by atoms with Gasteiger partial charge in [-0.15, -0.1) is 0 Å². The number of allylic oxidation sites excluding steroid dienone is 1. The van der Waals surface area contributed by atoms with E-state index in [1.54, 1.807) is 6.92 Å². The SMILES string of the molecule is CCCC(C=O)C(C)(O)CC=C[C@H]1CCC(=O)[C@@H]1CCCCCCC(=O)CO. The molecule has 1 rings (SSSR count). The second kappa shape index (κ2) is 13.0. The Kier molecular flexibility index (Phi) is 11.5. The summed E-state index contributed by atoms with van der Waals surface area (Å²) in [5.41, 5.74) is -1.04. The van der Waals surface area contributed by atoms with Crippen LogP contribution in [0.15, 0.2) is 12.2 Å². The third-order valence-corrected chi connectivity index (χ3v) is 6.03. The van der Waals surface area contributed by atoms with Gasteiger partial charge in [0.15, 0.2) is 5.78 Å². The van der Waals surface area contributed by atoms with E-state index in [1.165, 1.54) is 0 Å². The lowest BCUT2D eigenvalue weighted by Crippen LogP contribution is -2.35. The van der Waals surface area contributed by atoms with Crippen LogP contribution < -0.4 is 0 Å². The van der Waals surface area contributed by atoms with Crippen LogP contribution in [0.3, 0.4) is 0 Å². The lowest BCUT2D eigenvalue weighted by Gasteiger charge is -2.28. The summed E-state index contributed by atoms with van der Waals surface area (Å²) in [6, 6.07) is 0. The minimum Gasteiger partial charge on any atom is -0.389 e. The minimum absolute atomic E-state index is 0.0535. The van der Waals surface area contributed by atoms with Gasteiger partial charge in [-0.1, -0.05) is 44.8 Å². The molecule has 0 saturated heterocycles. The highest BCUT2D eigenvalue weighted by atomic mass is 16.3. The highest BCUT2D eigenvalue weighted by molar-refractivity contribution is 5.83. The minimum atomic E-state index is -1.04. The van der Waals surface area contributed by atoms with E-state index in [2.05, 4.69) is 6.08 Å². The standard InChI is InChI=1S/C23H38O5/c1-3-9-19(16-24)23(2,28)15-8-10-18-13-14-22(27)21(18)12-7-5-4-6-11-20(26)17-25/h8,10,16,18-19,21,25,28H,3-7,9,11-15,17H2,1-2H3/t18-,19?,21+,23?/m0/s1. The van der Waals surface area contributed by atoms with Crippen molar-refractivity contribution in [2.45, 2.75) is 90.1 Å². The van der Waals surface area contributed by atoms with Gasteiger partial charge in [-0.3, -0.25) is 9.59 Å². The van der Waals surface area contributed by atoms with Crippen molar-refractivity contribution in [2.75, 3.05) is 6.61 Å². The number of aldehydes is 1. The van der Waals surface area contributed by atoms with E-state index in [0.717, 1.165) is 51.2 Å². The molecule has 0 amide bonds. The zero-order valence-corrected chi connectivity index (χ0v) is 17.6. The highest BCUT2D eigenvalue weighted by Gasteiger charge is 2.33. The van der Waals surface area contributed by atoms with Crippen molar-refractivity contribution in [3.8, 4) is 0 Å². The predicted octanol–water partition coefficient (Wildman–Crippen LogP) is 3.80. The second-order valence-electron chi connectivity index (χ2n) is 8.45. The third kappa shape index (κ3) is 8.36. The van der Waals surface area contributed by atoms with Crippen molar-refractivity contribution in [3.05, 3.63) is 12.2 Å². The van der Waals surface area contributed by atoms with Crippen LogP contribution in [0.5, 0.6) is 0 Å². The van der Waals surface area contributed by atoms with E-state index in [0.29, 0.717) is 31.5 Å². The van der Waals surface area contributed by atoms with Crippen LogP contribution in [-0.2, 0) is 14.4 Å². The lowest BCUT2D eigenvalue weighted by molar-refractivity contribution is -0.122. The number of Topliss-reactive ketones (excluding diaryl/α,β-unsaturated/α-hetero) is 2. The number of hydrogen-bond donors (Lipinski definition) is 2. The molecule has 0 spiro atoms. The Morgan fingerprint density at radius 3 is 2.64 bits per heavy atom. The molecule has 5 nitrogen and oxygen atoms in total. The first-order chi connectivity index (χ1) is 13.4. The first-order valence-electron chi connectivity index (χ1n) is 10.8. The molecule has 0 aromatic heterocycles. The van der Waals surface area contributed by atoms with Gasteiger partial charge in [0.05, 0.1) is 5.60 Å². The fourth-order valence-electron chi connectivity index (χ4n) is 4.13. The molecule has 2 N–H and O–H groups in total. The van der Waals surface area contributed by atoms with Gasteiger partial charge in [-0.2, -0.15) is 0 Å². The van der Waals surface area contributed by atoms with Gasteiger partial charge >= 0.3 is 0 Å². The van der Waals surface area contributed by atoms with Crippen LogP contribution in [0.1, 0.15) is 84.5 Å². The molecule has 5 heteroatoms. The summed E-state index contributed by atoms with van der Waals surface area (Å²) in [6.07, 6.45) is 13.3. The number of aliphatic hydroxyl groups is 2. The Morgan fingerprint density at radius 2 is 2.00 bits per heavy atom. The van der Waals surface area contributed by atoms with Crippen LogP contribution in [0.2, 0.25) is 0 Å². The number of ketones is 2. The van der Waals surface area contributed by atoms with E-state index < -0.39 is 5.60 Å². The summed E-state index contributed by atoms with van der Waals surface area (Å²) in [6.45, 7) is 3.34. The van der Waals surface area contributed by atoms with Gasteiger partial charge in [-0.25, -0.2) is 0 Å². The average molecular weight is 395 g/mol. The van der Waals surface area contributed by atoms with E-state index in [4.69, 9.17) is 5.11 Å².